The highest BCUT2D eigenvalue weighted by Crippen LogP contribution is 2.27. The van der Waals surface area contributed by atoms with Crippen LogP contribution in [0.25, 0.3) is 0 Å². The van der Waals surface area contributed by atoms with E-state index in [9.17, 15) is 0 Å². The minimum absolute atomic E-state index is 0.133. The molecule has 0 aliphatic rings. The molecule has 0 saturated heterocycles. The molecule has 0 spiro atoms. The van der Waals surface area contributed by atoms with Gasteiger partial charge in [-0.2, -0.15) is 11.8 Å². The number of hydrogen-bond acceptors (Lipinski definition) is 3. The van der Waals surface area contributed by atoms with Crippen molar-refractivity contribution in [3.05, 3.63) is 35.9 Å². The minimum Gasteiger partial charge on any atom is -0.385 e. The number of ether oxygens (including phenoxy) is 1. The molecule has 0 bridgehead atoms. The molecular formula is C14H23NOS. The molecule has 2 nitrogen and oxygen atoms in total. The summed E-state index contributed by atoms with van der Waals surface area (Å²) in [6.45, 7) is 3.04. The average Bonchev–Trinajstić information content (AvgIpc) is 2.39. The third-order valence-corrected chi connectivity index (χ3v) is 4.39. The Morgan fingerprint density at radius 2 is 2.00 bits per heavy atom. The Bertz CT molecular complexity index is 292. The first-order valence-electron chi connectivity index (χ1n) is 6.20. The number of thioether (sulfide) groups is 1. The molecule has 0 aliphatic heterocycles. The Balaban J connectivity index is 2.44. The van der Waals surface area contributed by atoms with E-state index < -0.39 is 0 Å². The standard InChI is InChI=1S/C14H23NOS/c1-3-13(17-11-7-10-16-2)14(15)12-8-5-4-6-9-12/h4-6,8-9,13-14H,3,7,10-11,15H2,1-2H3. The lowest BCUT2D eigenvalue weighted by Crippen LogP contribution is -2.23. The van der Waals surface area contributed by atoms with Gasteiger partial charge in [-0.1, -0.05) is 37.3 Å². The second-order valence-corrected chi connectivity index (χ2v) is 5.45. The van der Waals surface area contributed by atoms with Crippen LogP contribution in [-0.4, -0.2) is 24.7 Å². The van der Waals surface area contributed by atoms with Gasteiger partial charge in [0.1, 0.15) is 0 Å². The van der Waals surface area contributed by atoms with E-state index >= 15 is 0 Å². The quantitative estimate of drug-likeness (QED) is 0.722. The summed E-state index contributed by atoms with van der Waals surface area (Å²) < 4.78 is 5.06. The average molecular weight is 253 g/mol. The lowest BCUT2D eigenvalue weighted by Gasteiger charge is -2.22. The summed E-state index contributed by atoms with van der Waals surface area (Å²) in [7, 11) is 1.75. The highest BCUT2D eigenvalue weighted by molar-refractivity contribution is 7.99. The van der Waals surface area contributed by atoms with Crippen molar-refractivity contribution in [1.82, 2.24) is 0 Å². The molecule has 1 aromatic rings. The molecule has 0 heterocycles. The van der Waals surface area contributed by atoms with Gasteiger partial charge in [-0.25, -0.2) is 0 Å². The number of methoxy groups -OCH3 is 1. The van der Waals surface area contributed by atoms with E-state index in [0.29, 0.717) is 5.25 Å². The first-order valence-corrected chi connectivity index (χ1v) is 7.25. The maximum absolute atomic E-state index is 6.31. The van der Waals surface area contributed by atoms with Gasteiger partial charge in [-0.15, -0.1) is 0 Å². The van der Waals surface area contributed by atoms with Crippen molar-refractivity contribution in [2.45, 2.75) is 31.1 Å². The fourth-order valence-corrected chi connectivity index (χ4v) is 2.99. The van der Waals surface area contributed by atoms with Crippen LogP contribution >= 0.6 is 11.8 Å². The molecule has 96 valence electrons. The molecule has 0 aliphatic carbocycles. The Morgan fingerprint density at radius 3 is 2.59 bits per heavy atom. The van der Waals surface area contributed by atoms with Crippen LogP contribution in [0.5, 0.6) is 0 Å². The number of nitrogens with two attached hydrogens (primary N) is 1. The van der Waals surface area contributed by atoms with Gasteiger partial charge in [0.25, 0.3) is 0 Å². The first kappa shape index (κ1) is 14.6. The fourth-order valence-electron chi connectivity index (χ4n) is 1.80. The third-order valence-electron chi connectivity index (χ3n) is 2.81. The van der Waals surface area contributed by atoms with E-state index in [1.165, 1.54) is 5.56 Å². The summed E-state index contributed by atoms with van der Waals surface area (Å²) in [4.78, 5) is 0. The van der Waals surface area contributed by atoms with Crippen LogP contribution in [0.3, 0.4) is 0 Å². The third kappa shape index (κ3) is 5.11. The first-order chi connectivity index (χ1) is 8.29. The smallest absolute Gasteiger partial charge is 0.0470 e. The summed E-state index contributed by atoms with van der Waals surface area (Å²) in [5.41, 5.74) is 7.55. The van der Waals surface area contributed by atoms with Crippen LogP contribution in [0.4, 0.5) is 0 Å². The predicted octanol–water partition coefficient (Wildman–Crippen LogP) is 3.23. The largest absolute Gasteiger partial charge is 0.385 e. The van der Waals surface area contributed by atoms with E-state index in [4.69, 9.17) is 10.5 Å². The van der Waals surface area contributed by atoms with E-state index in [1.54, 1.807) is 7.11 Å². The molecule has 0 radical (unpaired) electrons. The maximum Gasteiger partial charge on any atom is 0.0470 e. The summed E-state index contributed by atoms with van der Waals surface area (Å²) in [5.74, 6) is 1.12. The number of rotatable bonds is 8. The van der Waals surface area contributed by atoms with Crippen molar-refractivity contribution in [3.8, 4) is 0 Å². The number of hydrogen-bond donors (Lipinski definition) is 1. The Kier molecular flexibility index (Phi) is 7.33. The molecule has 0 saturated carbocycles. The van der Waals surface area contributed by atoms with Crippen LogP contribution in [0.2, 0.25) is 0 Å². The van der Waals surface area contributed by atoms with Crippen LogP contribution in [0.1, 0.15) is 31.4 Å². The second-order valence-electron chi connectivity index (χ2n) is 4.10. The summed E-state index contributed by atoms with van der Waals surface area (Å²) in [5, 5.41) is 0.495. The second kappa shape index (κ2) is 8.56. The van der Waals surface area contributed by atoms with Gasteiger partial charge in [0, 0.05) is 25.0 Å². The lowest BCUT2D eigenvalue weighted by molar-refractivity contribution is 0.200. The maximum atomic E-state index is 6.31. The molecule has 1 rings (SSSR count). The normalized spacial score (nSPS) is 14.5. The van der Waals surface area contributed by atoms with Gasteiger partial charge in [0.2, 0.25) is 0 Å². The van der Waals surface area contributed by atoms with Gasteiger partial charge in [-0.3, -0.25) is 0 Å². The molecule has 2 atom stereocenters. The van der Waals surface area contributed by atoms with Crippen molar-refractivity contribution < 1.29 is 4.74 Å². The molecule has 0 fully saturated rings. The molecule has 2 unspecified atom stereocenters. The van der Waals surface area contributed by atoms with Crippen LogP contribution in [0, 0.1) is 0 Å². The summed E-state index contributed by atoms with van der Waals surface area (Å²) in [6.07, 6.45) is 2.20. The predicted molar refractivity (Wildman–Crippen MR) is 76.4 cm³/mol. The monoisotopic (exact) mass is 253 g/mol. The van der Waals surface area contributed by atoms with Gasteiger partial charge >= 0.3 is 0 Å². The molecular weight excluding hydrogens is 230 g/mol. The van der Waals surface area contributed by atoms with E-state index in [0.717, 1.165) is 25.2 Å². The zero-order valence-electron chi connectivity index (χ0n) is 10.8. The highest BCUT2D eigenvalue weighted by Gasteiger charge is 2.17. The SMILES string of the molecule is CCC(SCCCOC)C(N)c1ccccc1. The van der Waals surface area contributed by atoms with Gasteiger partial charge < -0.3 is 10.5 Å². The Morgan fingerprint density at radius 1 is 1.29 bits per heavy atom. The minimum atomic E-state index is 0.133. The number of benzene rings is 1. The van der Waals surface area contributed by atoms with E-state index in [-0.39, 0.29) is 6.04 Å². The molecule has 17 heavy (non-hydrogen) atoms. The summed E-state index contributed by atoms with van der Waals surface area (Å²) >= 11 is 1.96. The summed E-state index contributed by atoms with van der Waals surface area (Å²) in [6, 6.07) is 10.5. The Hall–Kier alpha value is -0.510. The fraction of sp³-hybridized carbons (Fsp3) is 0.571. The van der Waals surface area contributed by atoms with Gasteiger partial charge in [0.05, 0.1) is 0 Å². The van der Waals surface area contributed by atoms with E-state index in [1.807, 2.05) is 17.8 Å². The molecule has 2 N–H and O–H groups in total. The molecule has 0 aromatic heterocycles. The van der Waals surface area contributed by atoms with Crippen LogP contribution < -0.4 is 5.73 Å². The molecule has 3 heteroatoms. The van der Waals surface area contributed by atoms with E-state index in [2.05, 4.69) is 31.2 Å². The van der Waals surface area contributed by atoms with Crippen molar-refractivity contribution in [2.75, 3.05) is 19.5 Å². The van der Waals surface area contributed by atoms with Crippen molar-refractivity contribution >= 4 is 11.8 Å². The Labute approximate surface area is 109 Å². The topological polar surface area (TPSA) is 35.2 Å². The van der Waals surface area contributed by atoms with Crippen molar-refractivity contribution in [2.24, 2.45) is 5.73 Å². The van der Waals surface area contributed by atoms with Crippen LogP contribution in [-0.2, 0) is 4.74 Å². The highest BCUT2D eigenvalue weighted by atomic mass is 32.2. The van der Waals surface area contributed by atoms with Crippen molar-refractivity contribution in [3.63, 3.8) is 0 Å². The molecule has 1 aromatic carbocycles. The zero-order chi connectivity index (χ0) is 12.5. The van der Waals surface area contributed by atoms with Gasteiger partial charge in [0.15, 0.2) is 0 Å². The lowest BCUT2D eigenvalue weighted by atomic mass is 10.0. The van der Waals surface area contributed by atoms with Gasteiger partial charge in [-0.05, 0) is 24.2 Å². The zero-order valence-corrected chi connectivity index (χ0v) is 11.6. The molecule has 0 amide bonds. The van der Waals surface area contributed by atoms with Crippen molar-refractivity contribution in [1.29, 1.82) is 0 Å². The van der Waals surface area contributed by atoms with Crippen LogP contribution in [0.15, 0.2) is 30.3 Å².